The van der Waals surface area contributed by atoms with Crippen LogP contribution in [0.3, 0.4) is 0 Å². The second kappa shape index (κ2) is 11.1. The van der Waals surface area contributed by atoms with Crippen molar-refractivity contribution in [3.63, 3.8) is 0 Å². The number of hydrogen-bond donors (Lipinski definition) is 0. The molecule has 1 aliphatic carbocycles. The summed E-state index contributed by atoms with van der Waals surface area (Å²) in [5.74, 6) is 0. The summed E-state index contributed by atoms with van der Waals surface area (Å²) in [7, 11) is 0. The first-order valence-electron chi connectivity index (χ1n) is 16.8. The van der Waals surface area contributed by atoms with Gasteiger partial charge in [-0.3, -0.25) is 0 Å². The molecule has 0 radical (unpaired) electrons. The molecule has 0 unspecified atom stereocenters. The molecule has 9 rings (SSSR count). The van der Waals surface area contributed by atoms with Gasteiger partial charge >= 0.3 is 0 Å². The zero-order chi connectivity index (χ0) is 32.2. The molecule has 8 aromatic rings. The highest BCUT2D eigenvalue weighted by atomic mass is 15.1. The summed E-state index contributed by atoms with van der Waals surface area (Å²) < 4.78 is 0. The van der Waals surface area contributed by atoms with Crippen molar-refractivity contribution in [3.8, 4) is 33.4 Å². The standard InChI is InChI=1S/C47H35N/c1-47(2)44-25-10-9-23-41(44)43-30-36-27-26-33-16-13-24-40(46(33)42(36)31-45(43)47)35-18-12-22-39(29-35)48(37-19-7-4-8-20-37)38-21-11-17-34(28-38)32-14-5-3-6-15-32/h3-31H,1-2H3. The Morgan fingerprint density at radius 3 is 1.75 bits per heavy atom. The summed E-state index contributed by atoms with van der Waals surface area (Å²) in [6.45, 7) is 4.73. The normalized spacial score (nSPS) is 13.0. The van der Waals surface area contributed by atoms with Gasteiger partial charge in [-0.2, -0.15) is 0 Å². The number of rotatable bonds is 5. The van der Waals surface area contributed by atoms with Crippen LogP contribution < -0.4 is 4.90 Å². The molecule has 48 heavy (non-hydrogen) atoms. The first-order chi connectivity index (χ1) is 23.6. The Hall–Kier alpha value is -5.92. The van der Waals surface area contributed by atoms with Crippen LogP contribution in [0.2, 0.25) is 0 Å². The van der Waals surface area contributed by atoms with E-state index in [9.17, 15) is 0 Å². The predicted octanol–water partition coefficient (Wildman–Crippen LogP) is 13.1. The monoisotopic (exact) mass is 613 g/mol. The van der Waals surface area contributed by atoms with Gasteiger partial charge in [-0.05, 0) is 115 Å². The summed E-state index contributed by atoms with van der Waals surface area (Å²) in [6, 6.07) is 64.3. The largest absolute Gasteiger partial charge is 0.310 e. The minimum absolute atomic E-state index is 0.0540. The van der Waals surface area contributed by atoms with Gasteiger partial charge in [-0.15, -0.1) is 0 Å². The van der Waals surface area contributed by atoms with Crippen molar-refractivity contribution < 1.29 is 0 Å². The van der Waals surface area contributed by atoms with Crippen molar-refractivity contribution >= 4 is 38.6 Å². The van der Waals surface area contributed by atoms with Crippen molar-refractivity contribution in [2.75, 3.05) is 4.90 Å². The van der Waals surface area contributed by atoms with Gasteiger partial charge in [0, 0.05) is 22.5 Å². The van der Waals surface area contributed by atoms with Gasteiger partial charge in [-0.1, -0.05) is 141 Å². The highest BCUT2D eigenvalue weighted by molar-refractivity contribution is 6.15. The molecule has 1 aliphatic rings. The van der Waals surface area contributed by atoms with Crippen LogP contribution in [0.15, 0.2) is 176 Å². The number of anilines is 3. The number of fused-ring (bicyclic) bond motifs is 6. The molecule has 0 atom stereocenters. The molecule has 0 spiro atoms. The van der Waals surface area contributed by atoms with Crippen molar-refractivity contribution in [2.45, 2.75) is 19.3 Å². The molecule has 0 fully saturated rings. The lowest BCUT2D eigenvalue weighted by atomic mass is 9.81. The van der Waals surface area contributed by atoms with Gasteiger partial charge in [0.1, 0.15) is 0 Å². The number of para-hydroxylation sites is 1. The Labute approximate surface area is 282 Å². The van der Waals surface area contributed by atoms with Crippen LogP contribution in [-0.4, -0.2) is 0 Å². The summed E-state index contributed by atoms with van der Waals surface area (Å²) in [5.41, 5.74) is 13.7. The smallest absolute Gasteiger partial charge is 0.0467 e. The third-order valence-corrected chi connectivity index (χ3v) is 10.2. The molecule has 0 heterocycles. The van der Waals surface area contributed by atoms with E-state index in [2.05, 4.69) is 195 Å². The average Bonchev–Trinajstić information content (AvgIpc) is 3.37. The van der Waals surface area contributed by atoms with Gasteiger partial charge in [0.25, 0.3) is 0 Å². The molecule has 0 amide bonds. The summed E-state index contributed by atoms with van der Waals surface area (Å²) in [4.78, 5) is 2.37. The molecule has 0 aliphatic heterocycles. The first kappa shape index (κ1) is 28.3. The molecular formula is C47H35N. The zero-order valence-electron chi connectivity index (χ0n) is 27.2. The second-order valence-electron chi connectivity index (χ2n) is 13.4. The summed E-state index contributed by atoms with van der Waals surface area (Å²) in [5, 5.41) is 5.15. The van der Waals surface area contributed by atoms with E-state index in [4.69, 9.17) is 0 Å². The lowest BCUT2D eigenvalue weighted by Crippen LogP contribution is -2.14. The van der Waals surface area contributed by atoms with E-state index in [-0.39, 0.29) is 5.41 Å². The average molecular weight is 614 g/mol. The first-order valence-corrected chi connectivity index (χ1v) is 16.8. The lowest BCUT2D eigenvalue weighted by Gasteiger charge is -2.26. The fourth-order valence-corrected chi connectivity index (χ4v) is 7.84. The topological polar surface area (TPSA) is 3.24 Å². The summed E-state index contributed by atoms with van der Waals surface area (Å²) >= 11 is 0. The minimum atomic E-state index is -0.0540. The van der Waals surface area contributed by atoms with E-state index in [0.29, 0.717) is 0 Å². The molecule has 0 N–H and O–H groups in total. The van der Waals surface area contributed by atoms with Gasteiger partial charge in [0.2, 0.25) is 0 Å². The van der Waals surface area contributed by atoms with E-state index in [0.717, 1.165) is 17.1 Å². The third kappa shape index (κ3) is 4.54. The maximum atomic E-state index is 2.48. The van der Waals surface area contributed by atoms with Gasteiger partial charge < -0.3 is 4.90 Å². The Bertz CT molecular complexity index is 2470. The fourth-order valence-electron chi connectivity index (χ4n) is 7.84. The molecule has 1 nitrogen and oxygen atoms in total. The van der Waals surface area contributed by atoms with Crippen LogP contribution in [-0.2, 0) is 5.41 Å². The Morgan fingerprint density at radius 2 is 0.958 bits per heavy atom. The van der Waals surface area contributed by atoms with Gasteiger partial charge in [0.15, 0.2) is 0 Å². The molecule has 0 bridgehead atoms. The number of hydrogen-bond acceptors (Lipinski definition) is 1. The lowest BCUT2D eigenvalue weighted by molar-refractivity contribution is 0.661. The highest BCUT2D eigenvalue weighted by Gasteiger charge is 2.35. The Balaban J connectivity index is 1.23. The Morgan fingerprint density at radius 1 is 0.375 bits per heavy atom. The van der Waals surface area contributed by atoms with E-state index >= 15 is 0 Å². The van der Waals surface area contributed by atoms with E-state index in [1.165, 1.54) is 66.1 Å². The highest BCUT2D eigenvalue weighted by Crippen LogP contribution is 2.51. The van der Waals surface area contributed by atoms with Crippen LogP contribution in [0.25, 0.3) is 54.9 Å². The molecule has 8 aromatic carbocycles. The summed E-state index contributed by atoms with van der Waals surface area (Å²) in [6.07, 6.45) is 0. The van der Waals surface area contributed by atoms with Gasteiger partial charge in [-0.25, -0.2) is 0 Å². The minimum Gasteiger partial charge on any atom is -0.310 e. The quantitative estimate of drug-likeness (QED) is 0.175. The van der Waals surface area contributed by atoms with Crippen LogP contribution in [0, 0.1) is 0 Å². The van der Waals surface area contributed by atoms with Crippen LogP contribution >= 0.6 is 0 Å². The predicted molar refractivity (Wildman–Crippen MR) is 205 cm³/mol. The van der Waals surface area contributed by atoms with Crippen LogP contribution in [0.4, 0.5) is 17.1 Å². The van der Waals surface area contributed by atoms with Crippen molar-refractivity contribution in [2.24, 2.45) is 0 Å². The maximum absolute atomic E-state index is 2.48. The maximum Gasteiger partial charge on any atom is 0.0467 e. The van der Waals surface area contributed by atoms with Crippen molar-refractivity contribution in [1.82, 2.24) is 0 Å². The Kier molecular flexibility index (Phi) is 6.55. The molecule has 0 aromatic heterocycles. The molecule has 0 saturated heterocycles. The zero-order valence-corrected chi connectivity index (χ0v) is 27.2. The van der Waals surface area contributed by atoms with Gasteiger partial charge in [0.05, 0.1) is 0 Å². The van der Waals surface area contributed by atoms with Crippen molar-refractivity contribution in [1.29, 1.82) is 0 Å². The van der Waals surface area contributed by atoms with Crippen LogP contribution in [0.1, 0.15) is 25.0 Å². The van der Waals surface area contributed by atoms with Crippen LogP contribution in [0.5, 0.6) is 0 Å². The van der Waals surface area contributed by atoms with E-state index < -0.39 is 0 Å². The third-order valence-electron chi connectivity index (χ3n) is 10.2. The molecule has 228 valence electrons. The van der Waals surface area contributed by atoms with Crippen molar-refractivity contribution in [3.05, 3.63) is 187 Å². The van der Waals surface area contributed by atoms with E-state index in [1.807, 2.05) is 0 Å². The number of nitrogens with zero attached hydrogens (tertiary/aromatic N) is 1. The fraction of sp³-hybridized carbons (Fsp3) is 0.0638. The molecular weight excluding hydrogens is 579 g/mol. The van der Waals surface area contributed by atoms with E-state index in [1.54, 1.807) is 0 Å². The molecule has 0 saturated carbocycles. The number of benzene rings is 8. The second-order valence-corrected chi connectivity index (χ2v) is 13.4. The molecule has 1 heteroatoms. The SMILES string of the molecule is CC1(C)c2ccccc2-c2cc3ccc4cccc(-c5cccc(N(c6ccccc6)c6cccc(-c7ccccc7)c6)c5)c4c3cc21.